The zero-order valence-electron chi connectivity index (χ0n) is 13.8. The number of methoxy groups -OCH3 is 1. The number of hydrogen-bond donors (Lipinski definition) is 2. The minimum absolute atomic E-state index is 0.0798. The third-order valence-electron chi connectivity index (χ3n) is 2.83. The Morgan fingerprint density at radius 1 is 1.36 bits per heavy atom. The topological polar surface area (TPSA) is 59.6 Å². The van der Waals surface area contributed by atoms with E-state index in [1.807, 2.05) is 39.8 Å². The summed E-state index contributed by atoms with van der Waals surface area (Å²) in [5, 5.41) is 6.71. The van der Waals surface area contributed by atoms with Gasteiger partial charge in [-0.3, -0.25) is 0 Å². The van der Waals surface area contributed by atoms with Crippen molar-refractivity contribution in [2.24, 2.45) is 0 Å². The lowest BCUT2D eigenvalue weighted by molar-refractivity contribution is 0.0523. The highest BCUT2D eigenvalue weighted by atomic mass is 35.5. The second kappa shape index (κ2) is 8.25. The molecule has 1 unspecified atom stereocenters. The molecule has 0 heterocycles. The molecular weight excluding hydrogens is 304 g/mol. The van der Waals surface area contributed by atoms with Crippen LogP contribution in [0, 0.1) is 0 Å². The third kappa shape index (κ3) is 7.00. The summed E-state index contributed by atoms with van der Waals surface area (Å²) in [6.45, 7) is 8.55. The molecule has 0 spiro atoms. The molecule has 1 aromatic rings. The Morgan fingerprint density at radius 3 is 2.64 bits per heavy atom. The van der Waals surface area contributed by atoms with Crippen molar-refractivity contribution >= 4 is 17.7 Å². The number of nitrogens with one attached hydrogen (secondary N) is 2. The predicted molar refractivity (Wildman–Crippen MR) is 88.5 cm³/mol. The van der Waals surface area contributed by atoms with Gasteiger partial charge in [0, 0.05) is 29.7 Å². The normalized spacial score (nSPS) is 12.6. The molecule has 0 saturated heterocycles. The van der Waals surface area contributed by atoms with Gasteiger partial charge in [-0.05, 0) is 45.9 Å². The van der Waals surface area contributed by atoms with Gasteiger partial charge in [-0.15, -0.1) is 0 Å². The molecule has 0 bridgehead atoms. The zero-order valence-corrected chi connectivity index (χ0v) is 14.6. The average Bonchev–Trinajstić information content (AvgIpc) is 2.41. The standard InChI is InChI=1S/C16H25ClN2O3/c1-11(9-19-15(20)22-16(2,3)4)18-10-12-8-13(17)6-7-14(12)21-5/h6-8,11,18H,9-10H2,1-5H3,(H,19,20). The molecule has 0 fully saturated rings. The monoisotopic (exact) mass is 328 g/mol. The molecule has 1 rings (SSSR count). The van der Waals surface area contributed by atoms with Gasteiger partial charge in [0.05, 0.1) is 7.11 Å². The van der Waals surface area contributed by atoms with E-state index in [0.29, 0.717) is 18.1 Å². The van der Waals surface area contributed by atoms with Crippen molar-refractivity contribution < 1.29 is 14.3 Å². The fourth-order valence-electron chi connectivity index (χ4n) is 1.79. The van der Waals surface area contributed by atoms with Crippen LogP contribution in [-0.4, -0.2) is 31.4 Å². The molecule has 124 valence electrons. The number of amides is 1. The summed E-state index contributed by atoms with van der Waals surface area (Å²) in [6, 6.07) is 5.57. The van der Waals surface area contributed by atoms with Crippen LogP contribution < -0.4 is 15.4 Å². The Labute approximate surface area is 137 Å². The van der Waals surface area contributed by atoms with E-state index < -0.39 is 11.7 Å². The summed E-state index contributed by atoms with van der Waals surface area (Å²) in [5.74, 6) is 0.782. The van der Waals surface area contributed by atoms with Crippen molar-refractivity contribution in [1.29, 1.82) is 0 Å². The summed E-state index contributed by atoms with van der Waals surface area (Å²) in [5.41, 5.74) is 0.480. The van der Waals surface area contributed by atoms with E-state index in [9.17, 15) is 4.79 Å². The minimum atomic E-state index is -0.491. The van der Waals surface area contributed by atoms with Gasteiger partial charge in [-0.25, -0.2) is 4.79 Å². The maximum atomic E-state index is 11.6. The number of hydrogen-bond acceptors (Lipinski definition) is 4. The number of alkyl carbamates (subject to hydrolysis) is 1. The van der Waals surface area contributed by atoms with Gasteiger partial charge in [0.1, 0.15) is 11.4 Å². The van der Waals surface area contributed by atoms with Crippen molar-refractivity contribution in [3.05, 3.63) is 28.8 Å². The summed E-state index contributed by atoms with van der Waals surface area (Å²) in [6.07, 6.45) is -0.415. The quantitative estimate of drug-likeness (QED) is 0.840. The number of carbonyl (C=O) groups excluding carboxylic acids is 1. The molecule has 1 aromatic carbocycles. The second-order valence-corrected chi connectivity index (χ2v) is 6.56. The smallest absolute Gasteiger partial charge is 0.407 e. The van der Waals surface area contributed by atoms with E-state index in [1.165, 1.54) is 0 Å². The SMILES string of the molecule is COc1ccc(Cl)cc1CNC(C)CNC(=O)OC(C)(C)C. The van der Waals surface area contributed by atoms with E-state index in [0.717, 1.165) is 11.3 Å². The molecule has 6 heteroatoms. The van der Waals surface area contributed by atoms with Crippen LogP contribution in [-0.2, 0) is 11.3 Å². The molecule has 0 saturated carbocycles. The van der Waals surface area contributed by atoms with Crippen LogP contribution in [0.2, 0.25) is 5.02 Å². The summed E-state index contributed by atoms with van der Waals surface area (Å²) >= 11 is 6.00. The Bertz CT molecular complexity index is 501. The van der Waals surface area contributed by atoms with Crippen LogP contribution in [0.15, 0.2) is 18.2 Å². The van der Waals surface area contributed by atoms with Crippen molar-refractivity contribution in [2.75, 3.05) is 13.7 Å². The minimum Gasteiger partial charge on any atom is -0.496 e. The van der Waals surface area contributed by atoms with Crippen LogP contribution in [0.5, 0.6) is 5.75 Å². The largest absolute Gasteiger partial charge is 0.496 e. The number of ether oxygens (including phenoxy) is 2. The summed E-state index contributed by atoms with van der Waals surface area (Å²) in [7, 11) is 1.63. The van der Waals surface area contributed by atoms with Crippen molar-refractivity contribution in [3.63, 3.8) is 0 Å². The lowest BCUT2D eigenvalue weighted by Crippen LogP contribution is -2.41. The van der Waals surface area contributed by atoms with E-state index in [2.05, 4.69) is 10.6 Å². The fourth-order valence-corrected chi connectivity index (χ4v) is 1.99. The molecule has 1 atom stereocenters. The second-order valence-electron chi connectivity index (χ2n) is 6.12. The van der Waals surface area contributed by atoms with E-state index in [4.69, 9.17) is 21.1 Å². The summed E-state index contributed by atoms with van der Waals surface area (Å²) in [4.78, 5) is 11.6. The first-order valence-electron chi connectivity index (χ1n) is 7.24. The zero-order chi connectivity index (χ0) is 16.8. The maximum Gasteiger partial charge on any atom is 0.407 e. The van der Waals surface area contributed by atoms with Crippen LogP contribution in [0.1, 0.15) is 33.3 Å². The number of carbonyl (C=O) groups is 1. The Morgan fingerprint density at radius 2 is 2.05 bits per heavy atom. The summed E-state index contributed by atoms with van der Waals surface area (Å²) < 4.78 is 10.5. The molecule has 0 aliphatic rings. The van der Waals surface area contributed by atoms with E-state index >= 15 is 0 Å². The molecule has 2 N–H and O–H groups in total. The highest BCUT2D eigenvalue weighted by molar-refractivity contribution is 6.30. The van der Waals surface area contributed by atoms with Crippen LogP contribution in [0.25, 0.3) is 0 Å². The first-order valence-corrected chi connectivity index (χ1v) is 7.61. The predicted octanol–water partition coefficient (Wildman–Crippen LogP) is 3.35. The molecule has 0 aromatic heterocycles. The lowest BCUT2D eigenvalue weighted by atomic mass is 10.2. The van der Waals surface area contributed by atoms with E-state index in [1.54, 1.807) is 13.2 Å². The maximum absolute atomic E-state index is 11.6. The molecule has 5 nitrogen and oxygen atoms in total. The van der Waals surface area contributed by atoms with Crippen LogP contribution >= 0.6 is 11.6 Å². The lowest BCUT2D eigenvalue weighted by Gasteiger charge is -2.21. The van der Waals surface area contributed by atoms with Gasteiger partial charge in [0.2, 0.25) is 0 Å². The van der Waals surface area contributed by atoms with Crippen molar-refractivity contribution in [3.8, 4) is 5.75 Å². The Kier molecular flexibility index (Phi) is 6.97. The highest BCUT2D eigenvalue weighted by Gasteiger charge is 2.16. The van der Waals surface area contributed by atoms with Gasteiger partial charge in [-0.1, -0.05) is 11.6 Å². The Balaban J connectivity index is 2.42. The van der Waals surface area contributed by atoms with Gasteiger partial charge >= 0.3 is 6.09 Å². The number of halogens is 1. The fraction of sp³-hybridized carbons (Fsp3) is 0.562. The van der Waals surface area contributed by atoms with Crippen molar-refractivity contribution in [2.45, 2.75) is 45.9 Å². The number of benzene rings is 1. The molecule has 0 aliphatic heterocycles. The molecule has 22 heavy (non-hydrogen) atoms. The van der Waals surface area contributed by atoms with Gasteiger partial charge in [-0.2, -0.15) is 0 Å². The first kappa shape index (κ1) is 18.6. The molecule has 0 aliphatic carbocycles. The van der Waals surface area contributed by atoms with E-state index in [-0.39, 0.29) is 6.04 Å². The van der Waals surface area contributed by atoms with Gasteiger partial charge in [0.25, 0.3) is 0 Å². The number of rotatable bonds is 6. The van der Waals surface area contributed by atoms with Gasteiger partial charge in [0.15, 0.2) is 0 Å². The third-order valence-corrected chi connectivity index (χ3v) is 3.07. The van der Waals surface area contributed by atoms with Gasteiger partial charge < -0.3 is 20.1 Å². The first-order chi connectivity index (χ1) is 10.2. The van der Waals surface area contributed by atoms with Crippen molar-refractivity contribution in [1.82, 2.24) is 10.6 Å². The van der Waals surface area contributed by atoms with Crippen LogP contribution in [0.4, 0.5) is 4.79 Å². The molecule has 1 amide bonds. The molecule has 0 radical (unpaired) electrons. The Hall–Kier alpha value is -1.46. The van der Waals surface area contributed by atoms with Crippen LogP contribution in [0.3, 0.4) is 0 Å². The highest BCUT2D eigenvalue weighted by Crippen LogP contribution is 2.22. The average molecular weight is 329 g/mol. The molecular formula is C16H25ClN2O3.